The molecule has 0 aromatic rings. The molecule has 20 heavy (non-hydrogen) atoms. The Balaban J connectivity index is 2.91. The zero-order valence-electron chi connectivity index (χ0n) is 9.83. The van der Waals surface area contributed by atoms with Crippen LogP contribution in [0.15, 0.2) is 11.6 Å². The van der Waals surface area contributed by atoms with Crippen LogP contribution in [0, 0.1) is 0 Å². The number of aliphatic hydroxyl groups is 1. The quantitative estimate of drug-likeness (QED) is 0.453. The Hall–Kier alpha value is -1.29. The molecule has 2 N–H and O–H groups in total. The van der Waals surface area contributed by atoms with E-state index in [1.165, 1.54) is 0 Å². The average molecular weight is 309 g/mol. The predicted octanol–water partition coefficient (Wildman–Crippen LogP) is -4.59. The maximum absolute atomic E-state index is 10.7. The van der Waals surface area contributed by atoms with Crippen molar-refractivity contribution in [3.05, 3.63) is 11.6 Å². The number of carbonyl (C=O) groups excluding carboxylic acids is 2. The van der Waals surface area contributed by atoms with Crippen LogP contribution < -0.4 is 15.1 Å². The molecule has 1 aliphatic rings. The number of carboxylic acids is 2. The van der Waals surface area contributed by atoms with E-state index in [2.05, 4.69) is 9.26 Å². The second kappa shape index (κ2) is 6.44. The molecule has 0 bridgehead atoms. The molecule has 0 saturated heterocycles. The summed E-state index contributed by atoms with van der Waals surface area (Å²) in [5.41, 5.74) is -0.461. The third-order valence-electron chi connectivity index (χ3n) is 2.44. The summed E-state index contributed by atoms with van der Waals surface area (Å²) < 4.78 is 19.4. The van der Waals surface area contributed by atoms with Gasteiger partial charge < -0.3 is 44.0 Å². The Morgan fingerprint density at radius 3 is 2.50 bits per heavy atom. The van der Waals surface area contributed by atoms with Crippen molar-refractivity contribution in [1.29, 1.82) is 0 Å². The maximum Gasteiger partial charge on any atom is 0.265 e. The summed E-state index contributed by atoms with van der Waals surface area (Å²) in [6, 6.07) is 0. The Labute approximate surface area is 112 Å². The lowest BCUT2D eigenvalue weighted by Gasteiger charge is -2.35. The molecule has 0 aromatic heterocycles. The van der Waals surface area contributed by atoms with Gasteiger partial charge in [0.05, 0.1) is 24.6 Å². The average Bonchev–Trinajstić information content (AvgIpc) is 2.27. The lowest BCUT2D eigenvalue weighted by atomic mass is 9.92. The molecule has 0 saturated carbocycles. The number of carboxylic acid groups (broad SMARTS) is 2. The third kappa shape index (κ3) is 5.00. The summed E-state index contributed by atoms with van der Waals surface area (Å²) in [6.45, 7) is -0.942. The smallest absolute Gasteiger partial charge is 0.265 e. The van der Waals surface area contributed by atoms with Crippen LogP contribution in [-0.4, -0.2) is 46.9 Å². The van der Waals surface area contributed by atoms with Gasteiger partial charge in [-0.25, -0.2) is 0 Å². The summed E-state index contributed by atoms with van der Waals surface area (Å²) in [7, 11) is -5.24. The number of aliphatic carboxylic acids is 2. The van der Waals surface area contributed by atoms with Gasteiger partial charge in [0.1, 0.15) is 12.2 Å². The number of ether oxygens (including phenoxy) is 1. The lowest BCUT2D eigenvalue weighted by molar-refractivity contribution is -0.311. The van der Waals surface area contributed by atoms with Crippen LogP contribution in [0.4, 0.5) is 0 Å². The van der Waals surface area contributed by atoms with Crippen molar-refractivity contribution in [2.24, 2.45) is 0 Å². The van der Waals surface area contributed by atoms with Gasteiger partial charge in [0.2, 0.25) is 0 Å². The van der Waals surface area contributed by atoms with E-state index in [0.717, 1.165) is 6.08 Å². The molecule has 0 spiro atoms. The standard InChI is InChI=1S/C9H13O10P/c10-7(11)3-18-5-1-4(9(13)14)2-6(8(5)12)19-20(15,16)17/h2,5-6,8,12H,1,3H2,(H,10,11)(H,13,14)(H2,15,16,17)/p-3/t5-,6-,8-/m1/s1. The molecule has 1 unspecified atom stereocenters. The maximum atomic E-state index is 10.7. The van der Waals surface area contributed by atoms with Crippen molar-refractivity contribution in [2.45, 2.75) is 24.7 Å². The molecule has 114 valence electrons. The number of carbonyl (C=O) groups is 2. The molecule has 10 nitrogen and oxygen atoms in total. The fourth-order valence-electron chi connectivity index (χ4n) is 1.64. The van der Waals surface area contributed by atoms with E-state index >= 15 is 0 Å². The molecular formula is C9H10O10P-3. The second-order valence-electron chi connectivity index (χ2n) is 3.93. The van der Waals surface area contributed by atoms with E-state index in [-0.39, 0.29) is 0 Å². The van der Waals surface area contributed by atoms with E-state index in [1.807, 2.05) is 0 Å². The number of phosphoric acid groups is 1. The highest BCUT2D eigenvalue weighted by Crippen LogP contribution is 2.37. The van der Waals surface area contributed by atoms with Gasteiger partial charge in [-0.2, -0.15) is 0 Å². The molecule has 0 aliphatic heterocycles. The van der Waals surface area contributed by atoms with E-state index in [0.29, 0.717) is 0 Å². The molecule has 1 rings (SSSR count). The first kappa shape index (κ1) is 16.8. The Bertz CT molecular complexity index is 465. The second-order valence-corrected chi connectivity index (χ2v) is 5.08. The van der Waals surface area contributed by atoms with Gasteiger partial charge in [-0.1, -0.05) is 0 Å². The number of aliphatic hydroxyl groups excluding tert-OH is 1. The minimum atomic E-state index is -5.24. The summed E-state index contributed by atoms with van der Waals surface area (Å²) in [4.78, 5) is 40.1. The van der Waals surface area contributed by atoms with E-state index < -0.39 is 56.7 Å². The van der Waals surface area contributed by atoms with Crippen LogP contribution in [0.25, 0.3) is 0 Å². The summed E-state index contributed by atoms with van der Waals surface area (Å²) in [6.07, 6.45) is -4.50. The first-order valence-electron chi connectivity index (χ1n) is 5.24. The lowest BCUT2D eigenvalue weighted by Crippen LogP contribution is -2.46. The van der Waals surface area contributed by atoms with Crippen LogP contribution in [0.5, 0.6) is 0 Å². The van der Waals surface area contributed by atoms with Crippen LogP contribution in [-0.2, 0) is 23.4 Å². The number of hydrogen-bond acceptors (Lipinski definition) is 9. The molecular weight excluding hydrogens is 299 g/mol. The minimum absolute atomic E-state index is 0.425. The summed E-state index contributed by atoms with van der Waals surface area (Å²) in [5.74, 6) is -3.29. The Kier molecular flexibility index (Phi) is 5.40. The van der Waals surface area contributed by atoms with Crippen LogP contribution in [0.3, 0.4) is 0 Å². The first-order valence-corrected chi connectivity index (χ1v) is 6.73. The predicted molar refractivity (Wildman–Crippen MR) is 53.2 cm³/mol. The number of rotatable bonds is 6. The molecule has 0 radical (unpaired) electrons. The zero-order valence-corrected chi connectivity index (χ0v) is 10.7. The molecule has 11 heteroatoms. The number of hydrogen-bond donors (Lipinski definition) is 2. The van der Waals surface area contributed by atoms with Gasteiger partial charge in [0, 0.05) is 6.42 Å². The van der Waals surface area contributed by atoms with Gasteiger partial charge >= 0.3 is 0 Å². The van der Waals surface area contributed by atoms with E-state index in [9.17, 15) is 34.4 Å². The molecule has 0 heterocycles. The first-order chi connectivity index (χ1) is 9.10. The monoisotopic (exact) mass is 309 g/mol. The highest BCUT2D eigenvalue weighted by molar-refractivity contribution is 7.44. The van der Waals surface area contributed by atoms with Crippen molar-refractivity contribution in [3.63, 3.8) is 0 Å². The zero-order chi connectivity index (χ0) is 15.5. The van der Waals surface area contributed by atoms with Gasteiger partial charge in [-0.05, 0) is 11.6 Å². The molecule has 0 fully saturated rings. The van der Waals surface area contributed by atoms with Crippen molar-refractivity contribution in [3.8, 4) is 0 Å². The minimum Gasteiger partial charge on any atom is -0.756 e. The highest BCUT2D eigenvalue weighted by atomic mass is 31.2. The molecule has 1 aliphatic carbocycles. The van der Waals surface area contributed by atoms with E-state index in [4.69, 9.17) is 4.89 Å². The normalized spacial score (nSPS) is 29.4. The highest BCUT2D eigenvalue weighted by Gasteiger charge is 2.35. The molecule has 4 atom stereocenters. The largest absolute Gasteiger partial charge is 0.756 e. The third-order valence-corrected chi connectivity index (χ3v) is 2.95. The van der Waals surface area contributed by atoms with Crippen molar-refractivity contribution in [1.82, 2.24) is 0 Å². The summed E-state index contributed by atoms with van der Waals surface area (Å²) in [5, 5.41) is 30.7. The Morgan fingerprint density at radius 1 is 1.45 bits per heavy atom. The van der Waals surface area contributed by atoms with Gasteiger partial charge in [-0.15, -0.1) is 0 Å². The van der Waals surface area contributed by atoms with Gasteiger partial charge in [0.25, 0.3) is 7.82 Å². The number of phosphoric ester groups is 1. The SMILES string of the molecule is O=C([O-])CO[C@@H]1CC(C(=O)[O-])=C[C@@H](OP(=O)([O-])O)[C@@H]1O. The van der Waals surface area contributed by atoms with Crippen LogP contribution in [0.2, 0.25) is 0 Å². The van der Waals surface area contributed by atoms with Crippen molar-refractivity contribution >= 4 is 19.8 Å². The molecule has 0 aromatic carbocycles. The van der Waals surface area contributed by atoms with E-state index in [1.54, 1.807) is 0 Å². The van der Waals surface area contributed by atoms with Crippen molar-refractivity contribution < 1.29 is 48.5 Å². The molecule has 0 amide bonds. The van der Waals surface area contributed by atoms with Gasteiger partial charge in [-0.3, -0.25) is 4.57 Å². The van der Waals surface area contributed by atoms with Crippen LogP contribution in [0.1, 0.15) is 6.42 Å². The van der Waals surface area contributed by atoms with Gasteiger partial charge in [0.15, 0.2) is 0 Å². The Morgan fingerprint density at radius 2 is 2.05 bits per heavy atom. The van der Waals surface area contributed by atoms with Crippen molar-refractivity contribution in [2.75, 3.05) is 6.61 Å². The van der Waals surface area contributed by atoms with Crippen LogP contribution >= 0.6 is 7.82 Å². The fraction of sp³-hybridized carbons (Fsp3) is 0.556. The fourth-order valence-corrected chi connectivity index (χ4v) is 2.14. The topological polar surface area (TPSA) is 179 Å². The summed E-state index contributed by atoms with van der Waals surface area (Å²) >= 11 is 0.